The Morgan fingerprint density at radius 2 is 0.833 bits per heavy atom. The molecule has 0 aliphatic heterocycles. The van der Waals surface area contributed by atoms with E-state index >= 15 is 0 Å². The number of nitrogens with zero attached hydrogens (tertiary/aromatic N) is 1. The first kappa shape index (κ1) is 53.0. The number of likely N-dealkylation sites (N-methyl/N-ethyl adjacent to an activating group) is 1. The van der Waals surface area contributed by atoms with Gasteiger partial charge in [0.15, 0.2) is 6.10 Å². The van der Waals surface area contributed by atoms with E-state index in [9.17, 15) is 19.0 Å². The first-order chi connectivity index (χ1) is 26.2. The molecule has 0 spiro atoms. The number of carbonyl (C=O) groups is 2. The van der Waals surface area contributed by atoms with Gasteiger partial charge in [-0.15, -0.1) is 0 Å². The number of unbranched alkanes of at least 4 members (excludes halogenated alkanes) is 29. The molecule has 0 bridgehead atoms. The van der Waals surface area contributed by atoms with Gasteiger partial charge in [-0.25, -0.2) is 4.57 Å². The zero-order valence-electron chi connectivity index (χ0n) is 35.9. The zero-order valence-corrected chi connectivity index (χ0v) is 36.8. The lowest BCUT2D eigenvalue weighted by atomic mass is 10.0. The summed E-state index contributed by atoms with van der Waals surface area (Å²) in [5, 5.41) is 0. The molecule has 9 nitrogen and oxygen atoms in total. The lowest BCUT2D eigenvalue weighted by Crippen LogP contribution is -2.29. The average Bonchev–Trinajstić information content (AvgIpc) is 3.13. The van der Waals surface area contributed by atoms with Gasteiger partial charge in [0.2, 0.25) is 0 Å². The minimum Gasteiger partial charge on any atom is -0.462 e. The normalized spacial score (nSPS) is 13.3. The Morgan fingerprint density at radius 3 is 1.19 bits per heavy atom. The highest BCUT2D eigenvalue weighted by Gasteiger charge is 2.26. The minimum atomic E-state index is -4.35. The van der Waals surface area contributed by atoms with Gasteiger partial charge in [0.1, 0.15) is 6.61 Å². The molecule has 2 unspecified atom stereocenters. The highest BCUT2D eigenvalue weighted by Crippen LogP contribution is 2.43. The summed E-state index contributed by atoms with van der Waals surface area (Å²) in [4.78, 5) is 37.0. The van der Waals surface area contributed by atoms with Crippen LogP contribution in [-0.4, -0.2) is 68.3 Å². The average molecular weight is 790 g/mol. The van der Waals surface area contributed by atoms with Gasteiger partial charge in [-0.05, 0) is 26.9 Å². The number of phosphoric acid groups is 1. The first-order valence-corrected chi connectivity index (χ1v) is 24.3. The predicted octanol–water partition coefficient (Wildman–Crippen LogP) is 13.0. The minimum absolute atomic E-state index is 0.0125. The smallest absolute Gasteiger partial charge is 0.462 e. The third kappa shape index (κ3) is 40.7. The van der Waals surface area contributed by atoms with E-state index < -0.39 is 26.5 Å². The summed E-state index contributed by atoms with van der Waals surface area (Å²) in [5.41, 5.74) is 0. The number of phosphoric ester groups is 1. The number of carbonyl (C=O) groups excluding carboxylic acids is 2. The molecule has 0 aromatic carbocycles. The maximum atomic E-state index is 12.6. The first-order valence-electron chi connectivity index (χ1n) is 22.8. The molecule has 0 fully saturated rings. The summed E-state index contributed by atoms with van der Waals surface area (Å²) in [6.45, 7) is 4.36. The third-order valence-corrected chi connectivity index (χ3v) is 11.1. The van der Waals surface area contributed by atoms with E-state index in [1.807, 2.05) is 19.0 Å². The molecule has 0 saturated heterocycles. The molecular formula is C44H88NO8P. The summed E-state index contributed by atoms with van der Waals surface area (Å²) in [6, 6.07) is 0. The van der Waals surface area contributed by atoms with E-state index in [1.165, 1.54) is 161 Å². The van der Waals surface area contributed by atoms with Crippen molar-refractivity contribution < 1.29 is 37.6 Å². The van der Waals surface area contributed by atoms with Crippen LogP contribution in [0.1, 0.15) is 226 Å². The van der Waals surface area contributed by atoms with Crippen LogP contribution in [0.25, 0.3) is 0 Å². The van der Waals surface area contributed by atoms with Crippen molar-refractivity contribution in [1.82, 2.24) is 4.90 Å². The number of hydrogen-bond acceptors (Lipinski definition) is 8. The maximum Gasteiger partial charge on any atom is 0.472 e. The Labute approximate surface area is 333 Å². The Bertz CT molecular complexity index is 874. The van der Waals surface area contributed by atoms with Crippen LogP contribution in [0.3, 0.4) is 0 Å². The molecule has 0 aromatic rings. The van der Waals surface area contributed by atoms with Crippen LogP contribution in [-0.2, 0) is 32.7 Å². The molecule has 2 atom stereocenters. The quantitative estimate of drug-likeness (QED) is 0.0366. The molecule has 0 amide bonds. The Hall–Kier alpha value is -0.990. The number of esters is 2. The number of hydrogen-bond donors (Lipinski definition) is 1. The third-order valence-electron chi connectivity index (χ3n) is 10.2. The van der Waals surface area contributed by atoms with E-state index in [2.05, 4.69) is 13.8 Å². The van der Waals surface area contributed by atoms with Gasteiger partial charge >= 0.3 is 19.8 Å². The Morgan fingerprint density at radius 1 is 0.500 bits per heavy atom. The molecule has 0 rings (SSSR count). The van der Waals surface area contributed by atoms with Crippen molar-refractivity contribution in [3.8, 4) is 0 Å². The SMILES string of the molecule is CCCCCCCCCCCCCCCCCCCCCC(=O)OCC(COP(=O)(O)OCCN(C)C)OC(=O)CCCCCCCCCCCCCC. The summed E-state index contributed by atoms with van der Waals surface area (Å²) < 4.78 is 33.5. The molecule has 0 radical (unpaired) electrons. The van der Waals surface area contributed by atoms with Crippen LogP contribution in [0, 0.1) is 0 Å². The Balaban J connectivity index is 4.16. The number of rotatable bonds is 43. The predicted molar refractivity (Wildman–Crippen MR) is 225 cm³/mol. The largest absolute Gasteiger partial charge is 0.472 e. The van der Waals surface area contributed by atoms with E-state index in [-0.39, 0.29) is 25.6 Å². The highest BCUT2D eigenvalue weighted by atomic mass is 31.2. The van der Waals surface area contributed by atoms with E-state index in [1.54, 1.807) is 0 Å². The van der Waals surface area contributed by atoms with Gasteiger partial charge < -0.3 is 19.3 Å². The number of ether oxygens (including phenoxy) is 2. The van der Waals surface area contributed by atoms with Gasteiger partial charge in [0, 0.05) is 19.4 Å². The molecule has 0 aliphatic rings. The fourth-order valence-corrected chi connectivity index (χ4v) is 7.37. The van der Waals surface area contributed by atoms with E-state index in [0.29, 0.717) is 13.0 Å². The molecule has 0 aromatic heterocycles. The summed E-state index contributed by atoms with van der Waals surface area (Å²) >= 11 is 0. The second-order valence-corrected chi connectivity index (χ2v) is 17.4. The molecular weight excluding hydrogens is 701 g/mol. The molecule has 10 heteroatoms. The van der Waals surface area contributed by atoms with Crippen LogP contribution in [0.15, 0.2) is 0 Å². The zero-order chi connectivity index (χ0) is 39.8. The highest BCUT2D eigenvalue weighted by molar-refractivity contribution is 7.47. The van der Waals surface area contributed by atoms with Gasteiger partial charge in [-0.2, -0.15) is 0 Å². The van der Waals surface area contributed by atoms with Crippen molar-refractivity contribution in [2.75, 3.05) is 40.5 Å². The molecule has 322 valence electrons. The fraction of sp³-hybridized carbons (Fsp3) is 0.955. The monoisotopic (exact) mass is 790 g/mol. The second-order valence-electron chi connectivity index (χ2n) is 15.9. The molecule has 0 saturated carbocycles. The van der Waals surface area contributed by atoms with Crippen LogP contribution in [0.2, 0.25) is 0 Å². The summed E-state index contributed by atoms with van der Waals surface area (Å²) in [7, 11) is -0.696. The van der Waals surface area contributed by atoms with Crippen LogP contribution >= 0.6 is 7.82 Å². The van der Waals surface area contributed by atoms with Gasteiger partial charge in [-0.3, -0.25) is 18.6 Å². The standard InChI is InChI=1S/C44H88NO8P/c1-5-7-9-11-13-15-17-19-20-21-22-23-24-25-27-28-30-32-34-36-43(46)50-40-42(41-52-54(48,49)51-39-38-45(3)4)53-44(47)37-35-33-31-29-26-18-16-14-12-10-8-6-2/h42H,5-41H2,1-4H3,(H,48,49). The van der Waals surface area contributed by atoms with Crippen molar-refractivity contribution in [3.63, 3.8) is 0 Å². The van der Waals surface area contributed by atoms with Crippen LogP contribution in [0.5, 0.6) is 0 Å². The van der Waals surface area contributed by atoms with Gasteiger partial charge in [-0.1, -0.05) is 200 Å². The molecule has 1 N–H and O–H groups in total. The van der Waals surface area contributed by atoms with Crippen molar-refractivity contribution in [2.24, 2.45) is 0 Å². The van der Waals surface area contributed by atoms with Crippen molar-refractivity contribution in [1.29, 1.82) is 0 Å². The van der Waals surface area contributed by atoms with Crippen molar-refractivity contribution in [2.45, 2.75) is 232 Å². The lowest BCUT2D eigenvalue weighted by Gasteiger charge is -2.20. The van der Waals surface area contributed by atoms with Crippen molar-refractivity contribution >= 4 is 19.8 Å². The van der Waals surface area contributed by atoms with Crippen molar-refractivity contribution in [3.05, 3.63) is 0 Å². The summed E-state index contributed by atoms with van der Waals surface area (Å²) in [6.07, 6.45) is 38.6. The van der Waals surface area contributed by atoms with E-state index in [4.69, 9.17) is 18.5 Å². The van der Waals surface area contributed by atoms with Gasteiger partial charge in [0.05, 0.1) is 13.2 Å². The molecule has 54 heavy (non-hydrogen) atoms. The topological polar surface area (TPSA) is 112 Å². The van der Waals surface area contributed by atoms with Crippen LogP contribution < -0.4 is 0 Å². The molecule has 0 aliphatic carbocycles. The van der Waals surface area contributed by atoms with Crippen LogP contribution in [0.4, 0.5) is 0 Å². The van der Waals surface area contributed by atoms with E-state index in [0.717, 1.165) is 38.5 Å². The lowest BCUT2D eigenvalue weighted by molar-refractivity contribution is -0.161. The maximum absolute atomic E-state index is 12.6. The Kier molecular flexibility index (Phi) is 39.5. The molecule has 0 heterocycles. The fourth-order valence-electron chi connectivity index (χ4n) is 6.63. The van der Waals surface area contributed by atoms with Gasteiger partial charge in [0.25, 0.3) is 0 Å². The summed E-state index contributed by atoms with van der Waals surface area (Å²) in [5.74, 6) is -0.787. The second kappa shape index (κ2) is 40.2.